The van der Waals surface area contributed by atoms with Gasteiger partial charge in [-0.3, -0.25) is 4.79 Å². The van der Waals surface area contributed by atoms with Crippen molar-refractivity contribution >= 4 is 11.7 Å². The Morgan fingerprint density at radius 1 is 1.35 bits per heavy atom. The van der Waals surface area contributed by atoms with Crippen LogP contribution in [0.25, 0.3) is 0 Å². The fourth-order valence-corrected chi connectivity index (χ4v) is 2.07. The van der Waals surface area contributed by atoms with Crippen molar-refractivity contribution < 1.29 is 9.53 Å². The second-order valence-corrected chi connectivity index (χ2v) is 5.02. The minimum atomic E-state index is -0.317. The maximum Gasteiger partial charge on any atom is 0.319 e. The van der Waals surface area contributed by atoms with E-state index < -0.39 is 0 Å². The summed E-state index contributed by atoms with van der Waals surface area (Å²) in [5.41, 5.74) is 1.49. The van der Waals surface area contributed by atoms with Crippen molar-refractivity contribution in [2.24, 2.45) is 0 Å². The molecule has 1 aromatic heterocycles. The number of urea groups is 1. The van der Waals surface area contributed by atoms with Gasteiger partial charge in [0.1, 0.15) is 5.75 Å². The zero-order valence-corrected chi connectivity index (χ0v) is 13.2. The summed E-state index contributed by atoms with van der Waals surface area (Å²) >= 11 is 0. The number of nitrogens with one attached hydrogen (secondary N) is 2. The molecule has 0 saturated heterocycles. The largest absolute Gasteiger partial charge is 0.495 e. The molecule has 1 aromatic carbocycles. The summed E-state index contributed by atoms with van der Waals surface area (Å²) in [6.45, 7) is 2.82. The number of rotatable bonds is 6. The first-order chi connectivity index (χ1) is 11.1. The molecule has 0 fully saturated rings. The minimum Gasteiger partial charge on any atom is -0.495 e. The third-order valence-electron chi connectivity index (χ3n) is 3.22. The van der Waals surface area contributed by atoms with Crippen molar-refractivity contribution in [2.75, 3.05) is 19.0 Å². The first-order valence-electron chi connectivity index (χ1n) is 7.32. The molecule has 0 aliphatic rings. The van der Waals surface area contributed by atoms with Crippen LogP contribution in [0.5, 0.6) is 5.75 Å². The Morgan fingerprint density at radius 2 is 2.17 bits per heavy atom. The highest BCUT2D eigenvalue weighted by Crippen LogP contribution is 2.24. The molecule has 2 aromatic rings. The Morgan fingerprint density at radius 3 is 2.91 bits per heavy atom. The molecule has 0 saturated carbocycles. The van der Waals surface area contributed by atoms with Crippen LogP contribution < -0.4 is 20.9 Å². The predicted molar refractivity (Wildman–Crippen MR) is 87.9 cm³/mol. The number of ether oxygens (including phenoxy) is 1. The number of methoxy groups -OCH3 is 1. The lowest BCUT2D eigenvalue weighted by atomic mass is 10.2. The Kier molecular flexibility index (Phi) is 5.74. The number of carbonyl (C=O) groups is 1. The van der Waals surface area contributed by atoms with E-state index in [0.29, 0.717) is 30.9 Å². The van der Waals surface area contributed by atoms with Gasteiger partial charge in [-0.1, -0.05) is 6.07 Å². The number of anilines is 1. The molecule has 0 aliphatic carbocycles. The summed E-state index contributed by atoms with van der Waals surface area (Å²) < 4.78 is 6.57. The van der Waals surface area contributed by atoms with Gasteiger partial charge in [-0.25, -0.2) is 9.48 Å². The van der Waals surface area contributed by atoms with Crippen molar-refractivity contribution in [2.45, 2.75) is 19.9 Å². The van der Waals surface area contributed by atoms with Crippen LogP contribution in [-0.4, -0.2) is 29.5 Å². The van der Waals surface area contributed by atoms with E-state index in [1.807, 2.05) is 19.1 Å². The van der Waals surface area contributed by atoms with Gasteiger partial charge < -0.3 is 15.4 Å². The van der Waals surface area contributed by atoms with Crippen LogP contribution in [0.1, 0.15) is 12.0 Å². The zero-order valence-electron chi connectivity index (χ0n) is 13.2. The number of benzene rings is 1. The molecule has 1 heterocycles. The first kappa shape index (κ1) is 16.5. The monoisotopic (exact) mass is 316 g/mol. The molecule has 7 nitrogen and oxygen atoms in total. The van der Waals surface area contributed by atoms with Crippen LogP contribution in [0.4, 0.5) is 10.5 Å². The van der Waals surface area contributed by atoms with E-state index in [9.17, 15) is 9.59 Å². The van der Waals surface area contributed by atoms with E-state index in [0.717, 1.165) is 5.56 Å². The molecule has 0 unspecified atom stereocenters. The normalized spacial score (nSPS) is 10.2. The number of aromatic nitrogens is 2. The van der Waals surface area contributed by atoms with Crippen molar-refractivity contribution in [3.05, 3.63) is 52.4 Å². The molecule has 0 radical (unpaired) electrons. The quantitative estimate of drug-likeness (QED) is 0.795. The van der Waals surface area contributed by atoms with Gasteiger partial charge in [0.05, 0.1) is 12.8 Å². The molecule has 2 amide bonds. The van der Waals surface area contributed by atoms with E-state index in [1.54, 1.807) is 25.4 Å². The SMILES string of the molecule is COc1ccc(C)cc1NC(=O)NCCCn1ncccc1=O. The fourth-order valence-electron chi connectivity index (χ4n) is 2.07. The van der Waals surface area contributed by atoms with E-state index in [2.05, 4.69) is 15.7 Å². The van der Waals surface area contributed by atoms with Crippen molar-refractivity contribution in [1.29, 1.82) is 0 Å². The predicted octanol–water partition coefficient (Wildman–Crippen LogP) is 1.77. The number of aryl methyl sites for hydroxylation is 2. The Balaban J connectivity index is 1.81. The van der Waals surface area contributed by atoms with E-state index >= 15 is 0 Å². The average molecular weight is 316 g/mol. The van der Waals surface area contributed by atoms with Gasteiger partial charge in [-0.15, -0.1) is 0 Å². The highest BCUT2D eigenvalue weighted by molar-refractivity contribution is 5.91. The molecule has 2 N–H and O–H groups in total. The van der Waals surface area contributed by atoms with Gasteiger partial charge >= 0.3 is 6.03 Å². The van der Waals surface area contributed by atoms with Gasteiger partial charge in [0.25, 0.3) is 5.56 Å². The minimum absolute atomic E-state index is 0.151. The molecular formula is C16H20N4O3. The summed E-state index contributed by atoms with van der Waals surface area (Å²) in [7, 11) is 1.55. The van der Waals surface area contributed by atoms with Crippen LogP contribution >= 0.6 is 0 Å². The standard InChI is InChI=1S/C16H20N4O3/c1-12-6-7-14(23-2)13(11-12)19-16(22)17-8-4-10-20-15(21)5-3-9-18-20/h3,5-7,9,11H,4,8,10H2,1-2H3,(H2,17,19,22). The van der Waals surface area contributed by atoms with E-state index in [4.69, 9.17) is 4.74 Å². The zero-order chi connectivity index (χ0) is 16.7. The molecule has 0 aliphatic heterocycles. The van der Waals surface area contributed by atoms with Crippen LogP contribution in [0.15, 0.2) is 41.3 Å². The second-order valence-electron chi connectivity index (χ2n) is 5.02. The molecule has 2 rings (SSSR count). The van der Waals surface area contributed by atoms with Crippen LogP contribution in [-0.2, 0) is 6.54 Å². The van der Waals surface area contributed by atoms with E-state index in [1.165, 1.54) is 10.7 Å². The van der Waals surface area contributed by atoms with Crippen molar-refractivity contribution in [3.8, 4) is 5.75 Å². The maximum absolute atomic E-state index is 11.9. The molecule has 7 heteroatoms. The summed E-state index contributed by atoms with van der Waals surface area (Å²) in [4.78, 5) is 23.4. The Bertz CT molecular complexity index is 727. The topological polar surface area (TPSA) is 85.2 Å². The van der Waals surface area contributed by atoms with Crippen LogP contribution in [0, 0.1) is 6.92 Å². The fraction of sp³-hybridized carbons (Fsp3) is 0.312. The lowest BCUT2D eigenvalue weighted by Gasteiger charge is -2.12. The molecule has 23 heavy (non-hydrogen) atoms. The van der Waals surface area contributed by atoms with E-state index in [-0.39, 0.29) is 11.6 Å². The smallest absolute Gasteiger partial charge is 0.319 e. The third-order valence-corrected chi connectivity index (χ3v) is 3.22. The maximum atomic E-state index is 11.9. The number of carbonyl (C=O) groups excluding carboxylic acids is 1. The number of hydrogen-bond donors (Lipinski definition) is 2. The Hall–Kier alpha value is -2.83. The van der Waals surface area contributed by atoms with Gasteiger partial charge in [0.2, 0.25) is 0 Å². The van der Waals surface area contributed by atoms with Crippen LogP contribution in [0.3, 0.4) is 0 Å². The van der Waals surface area contributed by atoms with Crippen molar-refractivity contribution in [1.82, 2.24) is 15.1 Å². The number of nitrogens with zero attached hydrogens (tertiary/aromatic N) is 2. The lowest BCUT2D eigenvalue weighted by Crippen LogP contribution is -2.31. The third kappa shape index (κ3) is 4.84. The van der Waals surface area contributed by atoms with Gasteiger partial charge in [-0.05, 0) is 37.1 Å². The van der Waals surface area contributed by atoms with Crippen LogP contribution in [0.2, 0.25) is 0 Å². The number of amides is 2. The van der Waals surface area contributed by atoms with Gasteiger partial charge in [0.15, 0.2) is 0 Å². The first-order valence-corrected chi connectivity index (χ1v) is 7.32. The molecule has 0 bridgehead atoms. The molecule has 122 valence electrons. The second kappa shape index (κ2) is 7.98. The number of hydrogen-bond acceptors (Lipinski definition) is 4. The summed E-state index contributed by atoms with van der Waals surface area (Å²) in [5, 5.41) is 9.45. The average Bonchev–Trinajstić information content (AvgIpc) is 2.53. The molecule has 0 atom stereocenters. The summed E-state index contributed by atoms with van der Waals surface area (Å²) in [5.74, 6) is 0.603. The highest BCUT2D eigenvalue weighted by Gasteiger charge is 2.07. The lowest BCUT2D eigenvalue weighted by molar-refractivity contribution is 0.251. The molecule has 0 spiro atoms. The Labute approximate surface area is 134 Å². The molecular weight excluding hydrogens is 296 g/mol. The highest BCUT2D eigenvalue weighted by atomic mass is 16.5. The van der Waals surface area contributed by atoms with Gasteiger partial charge in [0, 0.05) is 25.4 Å². The van der Waals surface area contributed by atoms with Crippen molar-refractivity contribution in [3.63, 3.8) is 0 Å². The van der Waals surface area contributed by atoms with Gasteiger partial charge in [-0.2, -0.15) is 5.10 Å². The summed E-state index contributed by atoms with van der Waals surface area (Å²) in [6.07, 6.45) is 2.17. The summed E-state index contributed by atoms with van der Waals surface area (Å²) in [6, 6.07) is 8.29.